The first-order valence-corrected chi connectivity index (χ1v) is 8.89. The molecular formula is C15H12N6OS2. The minimum atomic E-state index is -0.256. The molecule has 3 heterocycles. The lowest BCUT2D eigenvalue weighted by atomic mass is 9.94. The summed E-state index contributed by atoms with van der Waals surface area (Å²) in [5.74, 6) is -0.0439. The van der Waals surface area contributed by atoms with Crippen LogP contribution < -0.4 is 4.90 Å². The fourth-order valence-corrected chi connectivity index (χ4v) is 4.03. The number of carbonyl (C=O) groups excluding carboxylic acids is 1. The zero-order valence-electron chi connectivity index (χ0n) is 12.3. The van der Waals surface area contributed by atoms with E-state index in [-0.39, 0.29) is 17.0 Å². The fourth-order valence-electron chi connectivity index (χ4n) is 2.58. The van der Waals surface area contributed by atoms with Crippen molar-refractivity contribution in [2.24, 2.45) is 0 Å². The first-order valence-electron chi connectivity index (χ1n) is 7.19. The third-order valence-corrected chi connectivity index (χ3v) is 5.26. The van der Waals surface area contributed by atoms with E-state index in [1.807, 2.05) is 12.2 Å². The molecule has 2 aliphatic rings. The number of nitrogens with one attached hydrogen (secondary N) is 2. The Morgan fingerprint density at radius 2 is 2.33 bits per heavy atom. The highest BCUT2D eigenvalue weighted by molar-refractivity contribution is 8.19. The van der Waals surface area contributed by atoms with Gasteiger partial charge in [-0.3, -0.25) is 15.3 Å². The van der Waals surface area contributed by atoms with Crippen LogP contribution in [0.2, 0.25) is 0 Å². The molecule has 1 fully saturated rings. The van der Waals surface area contributed by atoms with Crippen LogP contribution in [-0.2, 0) is 4.79 Å². The van der Waals surface area contributed by atoms with Gasteiger partial charge in [0.1, 0.15) is 5.51 Å². The molecule has 1 atom stereocenters. The van der Waals surface area contributed by atoms with Crippen LogP contribution in [0.3, 0.4) is 0 Å². The number of hydrogen-bond donors (Lipinski definition) is 2. The van der Waals surface area contributed by atoms with E-state index in [1.165, 1.54) is 16.2 Å². The van der Waals surface area contributed by atoms with Gasteiger partial charge in [-0.1, -0.05) is 35.6 Å². The Labute approximate surface area is 145 Å². The molecule has 1 aliphatic heterocycles. The van der Waals surface area contributed by atoms with Crippen molar-refractivity contribution < 1.29 is 4.79 Å². The summed E-state index contributed by atoms with van der Waals surface area (Å²) >= 11 is 2.35. The van der Waals surface area contributed by atoms with Gasteiger partial charge in [-0.15, -0.1) is 10.2 Å². The van der Waals surface area contributed by atoms with Crippen molar-refractivity contribution >= 4 is 45.4 Å². The fraction of sp³-hybridized carbons (Fsp3) is 0.133. The van der Waals surface area contributed by atoms with Crippen molar-refractivity contribution in [3.8, 4) is 0 Å². The highest BCUT2D eigenvalue weighted by Gasteiger charge is 2.35. The second-order valence-corrected chi connectivity index (χ2v) is 7.01. The second-order valence-electron chi connectivity index (χ2n) is 5.17. The number of aromatic nitrogens is 4. The van der Waals surface area contributed by atoms with Crippen LogP contribution in [0.4, 0.5) is 5.13 Å². The zero-order chi connectivity index (χ0) is 16.5. The van der Waals surface area contributed by atoms with Crippen molar-refractivity contribution in [1.82, 2.24) is 20.4 Å². The predicted octanol–water partition coefficient (Wildman–Crippen LogP) is 2.92. The van der Waals surface area contributed by atoms with Crippen LogP contribution in [0.15, 0.2) is 40.9 Å². The number of H-pyrrole nitrogens is 1. The largest absolute Gasteiger partial charge is 0.281 e. The summed E-state index contributed by atoms with van der Waals surface area (Å²) in [5, 5.41) is 23.3. The minimum absolute atomic E-state index is 0.133. The number of aromatic amines is 1. The Bertz CT molecular complexity index is 880. The number of carbonyl (C=O) groups is 1. The molecule has 0 radical (unpaired) electrons. The molecule has 1 aliphatic carbocycles. The summed E-state index contributed by atoms with van der Waals surface area (Å²) in [7, 11) is 0. The number of thioether (sulfide) groups is 1. The van der Waals surface area contributed by atoms with Crippen molar-refractivity contribution in [2.75, 3.05) is 4.90 Å². The van der Waals surface area contributed by atoms with Crippen molar-refractivity contribution in [2.45, 2.75) is 12.3 Å². The van der Waals surface area contributed by atoms with E-state index >= 15 is 0 Å². The van der Waals surface area contributed by atoms with Gasteiger partial charge in [0.05, 0.1) is 11.1 Å². The molecule has 9 heteroatoms. The molecule has 24 heavy (non-hydrogen) atoms. The van der Waals surface area contributed by atoms with E-state index in [1.54, 1.807) is 17.8 Å². The van der Waals surface area contributed by atoms with Gasteiger partial charge in [-0.05, 0) is 24.3 Å². The van der Waals surface area contributed by atoms with Crippen LogP contribution in [0.1, 0.15) is 23.6 Å². The lowest BCUT2D eigenvalue weighted by Gasteiger charge is -2.12. The number of amides is 1. The Balaban J connectivity index is 1.64. The van der Waals surface area contributed by atoms with Gasteiger partial charge in [-0.25, -0.2) is 4.90 Å². The molecule has 1 unspecified atom stereocenters. The van der Waals surface area contributed by atoms with Crippen LogP contribution in [0, 0.1) is 5.41 Å². The molecule has 7 nitrogen and oxygen atoms in total. The van der Waals surface area contributed by atoms with Crippen LogP contribution in [-0.4, -0.2) is 31.5 Å². The first-order chi connectivity index (χ1) is 11.7. The Hall–Kier alpha value is -2.52. The van der Waals surface area contributed by atoms with Crippen molar-refractivity contribution in [3.63, 3.8) is 0 Å². The molecule has 1 amide bonds. The maximum atomic E-state index is 12.6. The summed E-state index contributed by atoms with van der Waals surface area (Å²) in [6, 6.07) is 0. The van der Waals surface area contributed by atoms with Gasteiger partial charge in [0, 0.05) is 17.2 Å². The van der Waals surface area contributed by atoms with Gasteiger partial charge in [0.2, 0.25) is 5.13 Å². The van der Waals surface area contributed by atoms with Gasteiger partial charge in [0.15, 0.2) is 5.17 Å². The quantitative estimate of drug-likeness (QED) is 0.824. The highest BCUT2D eigenvalue weighted by atomic mass is 32.2. The topological polar surface area (TPSA) is 98.6 Å². The number of allylic oxidation sites excluding steroid dienone is 4. The third-order valence-electron chi connectivity index (χ3n) is 3.70. The van der Waals surface area contributed by atoms with Gasteiger partial charge >= 0.3 is 0 Å². The average Bonchev–Trinajstić information content (AvgIpc) is 3.31. The standard InChI is InChI=1S/C15H12N6OS2/c16-14-21(15-20-18-8-23-15)13(22)11(24-14)6-10-7-17-19-12(10)9-4-2-1-3-5-9/h1-4,6-9,16H,5H2,(H,17,19)/b11-6-,16-14?. The highest BCUT2D eigenvalue weighted by Crippen LogP contribution is 2.36. The average molecular weight is 356 g/mol. The van der Waals surface area contributed by atoms with Gasteiger partial charge < -0.3 is 0 Å². The summed E-state index contributed by atoms with van der Waals surface area (Å²) in [5.41, 5.74) is 3.37. The summed E-state index contributed by atoms with van der Waals surface area (Å²) < 4.78 is 0. The van der Waals surface area contributed by atoms with E-state index in [0.717, 1.165) is 29.4 Å². The molecule has 0 spiro atoms. The molecule has 0 aromatic carbocycles. The molecule has 4 rings (SSSR count). The maximum Gasteiger partial charge on any atom is 0.273 e. The number of anilines is 1. The van der Waals surface area contributed by atoms with Crippen molar-refractivity contribution in [1.29, 1.82) is 5.41 Å². The third kappa shape index (κ3) is 2.61. The zero-order valence-corrected chi connectivity index (χ0v) is 14.0. The number of nitrogens with zero attached hydrogens (tertiary/aromatic N) is 4. The van der Waals surface area contributed by atoms with E-state index in [2.05, 4.69) is 32.5 Å². The molecule has 2 aromatic heterocycles. The van der Waals surface area contributed by atoms with E-state index in [0.29, 0.717) is 10.0 Å². The van der Waals surface area contributed by atoms with Gasteiger partial charge in [0.25, 0.3) is 5.91 Å². The molecule has 0 saturated carbocycles. The Morgan fingerprint density at radius 1 is 1.42 bits per heavy atom. The van der Waals surface area contributed by atoms with E-state index in [4.69, 9.17) is 5.41 Å². The normalized spacial score (nSPS) is 22.1. The van der Waals surface area contributed by atoms with Crippen LogP contribution in [0.25, 0.3) is 6.08 Å². The van der Waals surface area contributed by atoms with Gasteiger partial charge in [-0.2, -0.15) is 5.10 Å². The summed E-state index contributed by atoms with van der Waals surface area (Å²) in [4.78, 5) is 14.4. The van der Waals surface area contributed by atoms with Crippen molar-refractivity contribution in [3.05, 3.63) is 52.2 Å². The molecule has 2 N–H and O–H groups in total. The van der Waals surface area contributed by atoms with E-state index < -0.39 is 0 Å². The smallest absolute Gasteiger partial charge is 0.273 e. The number of amidine groups is 1. The molecule has 0 bridgehead atoms. The first kappa shape index (κ1) is 15.0. The summed E-state index contributed by atoms with van der Waals surface area (Å²) in [6.07, 6.45) is 12.6. The predicted molar refractivity (Wildman–Crippen MR) is 94.9 cm³/mol. The SMILES string of the molecule is N=C1S/C(=C\c2cn[nH]c2C2C=CC=CC2)C(=O)N1c1nncs1. The Morgan fingerprint density at radius 3 is 3.08 bits per heavy atom. The number of rotatable bonds is 3. The molecule has 2 aromatic rings. The maximum absolute atomic E-state index is 12.6. The Kier molecular flexibility index (Phi) is 3.87. The van der Waals surface area contributed by atoms with Crippen LogP contribution in [0.5, 0.6) is 0 Å². The van der Waals surface area contributed by atoms with Crippen LogP contribution >= 0.6 is 23.1 Å². The minimum Gasteiger partial charge on any atom is -0.281 e. The molecule has 120 valence electrons. The lowest BCUT2D eigenvalue weighted by molar-refractivity contribution is -0.113. The number of hydrogen-bond acceptors (Lipinski definition) is 7. The monoisotopic (exact) mass is 356 g/mol. The second kappa shape index (κ2) is 6.17. The molecular weight excluding hydrogens is 344 g/mol. The van der Waals surface area contributed by atoms with E-state index in [9.17, 15) is 4.79 Å². The molecule has 1 saturated heterocycles. The lowest BCUT2D eigenvalue weighted by Crippen LogP contribution is -2.27. The summed E-state index contributed by atoms with van der Waals surface area (Å²) in [6.45, 7) is 0.